The Bertz CT molecular complexity index is 530. The number of benzene rings is 1. The van der Waals surface area contributed by atoms with Gasteiger partial charge in [-0.25, -0.2) is 8.42 Å². The number of aliphatic hydroxyl groups excluding tert-OH is 2. The van der Waals surface area contributed by atoms with Crippen molar-refractivity contribution >= 4 is 10.0 Å². The summed E-state index contributed by atoms with van der Waals surface area (Å²) in [4.78, 5) is -0.116. The minimum Gasteiger partial charge on any atom is -0.395 e. The summed E-state index contributed by atoms with van der Waals surface area (Å²) in [6, 6.07) is 7.63. The molecule has 6 nitrogen and oxygen atoms in total. The average Bonchev–Trinajstić information content (AvgIpc) is 2.38. The smallest absolute Gasteiger partial charge is 0.244 e. The molecule has 0 saturated carbocycles. The van der Waals surface area contributed by atoms with E-state index < -0.39 is 10.0 Å². The Hall–Kier alpha value is -1.46. The molecule has 1 aromatic carbocycles. The van der Waals surface area contributed by atoms with Gasteiger partial charge in [-0.3, -0.25) is 0 Å². The van der Waals surface area contributed by atoms with Gasteiger partial charge in [-0.1, -0.05) is 12.1 Å². The van der Waals surface area contributed by atoms with Gasteiger partial charge in [0.15, 0.2) is 0 Å². The summed E-state index contributed by atoms with van der Waals surface area (Å²) < 4.78 is 25.4. The standard InChI is InChI=1S/C11H14N2O4S/c12-9-10-3-1-2-4-11(10)18(16,17)13(5-7-14)6-8-15/h1-4,14-15H,5-8H2. The van der Waals surface area contributed by atoms with Crippen molar-refractivity contribution in [3.05, 3.63) is 29.8 Å². The Morgan fingerprint density at radius 1 is 1.17 bits per heavy atom. The predicted octanol–water partition coefficient (Wildman–Crippen LogP) is -0.466. The summed E-state index contributed by atoms with van der Waals surface area (Å²) in [5.41, 5.74) is 0.0402. The fraction of sp³-hybridized carbons (Fsp3) is 0.364. The molecule has 0 aliphatic carbocycles. The zero-order valence-corrected chi connectivity index (χ0v) is 10.5. The summed E-state index contributed by atoms with van der Waals surface area (Å²) in [5, 5.41) is 26.6. The van der Waals surface area contributed by atoms with Crippen molar-refractivity contribution < 1.29 is 18.6 Å². The van der Waals surface area contributed by atoms with Gasteiger partial charge in [-0.05, 0) is 12.1 Å². The minimum absolute atomic E-state index is 0.0402. The largest absolute Gasteiger partial charge is 0.395 e. The van der Waals surface area contributed by atoms with Crippen molar-refractivity contribution in [1.29, 1.82) is 5.26 Å². The second-order valence-electron chi connectivity index (χ2n) is 3.46. The Kier molecular flexibility index (Phi) is 5.25. The molecule has 0 aliphatic heterocycles. The van der Waals surface area contributed by atoms with Crippen LogP contribution in [0.2, 0.25) is 0 Å². The van der Waals surface area contributed by atoms with Crippen LogP contribution in [0.25, 0.3) is 0 Å². The van der Waals surface area contributed by atoms with E-state index in [4.69, 9.17) is 15.5 Å². The number of aliphatic hydroxyl groups is 2. The fourth-order valence-electron chi connectivity index (χ4n) is 1.50. The van der Waals surface area contributed by atoms with E-state index >= 15 is 0 Å². The van der Waals surface area contributed by atoms with Crippen LogP contribution >= 0.6 is 0 Å². The second-order valence-corrected chi connectivity index (χ2v) is 5.37. The Balaban J connectivity index is 3.23. The van der Waals surface area contributed by atoms with Crippen molar-refractivity contribution in [2.24, 2.45) is 0 Å². The van der Waals surface area contributed by atoms with Crippen LogP contribution in [0.5, 0.6) is 0 Å². The lowest BCUT2D eigenvalue weighted by molar-refractivity contribution is 0.217. The first kappa shape index (κ1) is 14.6. The highest BCUT2D eigenvalue weighted by atomic mass is 32.2. The van der Waals surface area contributed by atoms with E-state index in [2.05, 4.69) is 0 Å². The van der Waals surface area contributed by atoms with Crippen LogP contribution in [-0.4, -0.2) is 49.2 Å². The molecule has 0 spiro atoms. The highest BCUT2D eigenvalue weighted by Crippen LogP contribution is 2.19. The van der Waals surface area contributed by atoms with Crippen molar-refractivity contribution in [1.82, 2.24) is 4.31 Å². The molecule has 0 aromatic heterocycles. The molecule has 0 aliphatic rings. The van der Waals surface area contributed by atoms with Gasteiger partial charge >= 0.3 is 0 Å². The minimum atomic E-state index is -3.88. The Labute approximate surface area is 106 Å². The number of nitrogens with zero attached hydrogens (tertiary/aromatic N) is 2. The zero-order valence-electron chi connectivity index (χ0n) is 9.65. The van der Waals surface area contributed by atoms with Crippen molar-refractivity contribution in [2.45, 2.75) is 4.90 Å². The van der Waals surface area contributed by atoms with E-state index in [0.29, 0.717) is 0 Å². The molecule has 98 valence electrons. The molecule has 0 heterocycles. The third kappa shape index (κ3) is 3.05. The van der Waals surface area contributed by atoms with Gasteiger partial charge in [0, 0.05) is 13.1 Å². The van der Waals surface area contributed by atoms with E-state index in [1.54, 1.807) is 6.07 Å². The maximum atomic E-state index is 12.2. The predicted molar refractivity (Wildman–Crippen MR) is 64.1 cm³/mol. The van der Waals surface area contributed by atoms with E-state index in [1.807, 2.05) is 6.07 Å². The number of nitriles is 1. The first-order valence-corrected chi connectivity index (χ1v) is 6.73. The van der Waals surface area contributed by atoms with Gasteiger partial charge in [-0.15, -0.1) is 0 Å². The normalized spacial score (nSPS) is 11.4. The molecule has 0 bridgehead atoms. The molecule has 18 heavy (non-hydrogen) atoms. The number of sulfonamides is 1. The highest BCUT2D eigenvalue weighted by Gasteiger charge is 2.25. The van der Waals surface area contributed by atoms with Crippen LogP contribution in [-0.2, 0) is 10.0 Å². The summed E-state index contributed by atoms with van der Waals surface area (Å²) in [6.07, 6.45) is 0. The van der Waals surface area contributed by atoms with Crippen LogP contribution in [0.3, 0.4) is 0 Å². The quantitative estimate of drug-likeness (QED) is 0.728. The first-order chi connectivity index (χ1) is 8.57. The summed E-state index contributed by atoms with van der Waals surface area (Å²) in [5.74, 6) is 0. The molecule has 0 atom stereocenters. The van der Waals surface area contributed by atoms with Crippen LogP contribution < -0.4 is 0 Å². The van der Waals surface area contributed by atoms with Gasteiger partial charge in [0.25, 0.3) is 0 Å². The lowest BCUT2D eigenvalue weighted by Gasteiger charge is -2.20. The number of hydrogen-bond acceptors (Lipinski definition) is 5. The van der Waals surface area contributed by atoms with Gasteiger partial charge in [0.1, 0.15) is 6.07 Å². The van der Waals surface area contributed by atoms with E-state index in [9.17, 15) is 8.42 Å². The lowest BCUT2D eigenvalue weighted by atomic mass is 10.2. The van der Waals surface area contributed by atoms with Gasteiger partial charge < -0.3 is 10.2 Å². The summed E-state index contributed by atoms with van der Waals surface area (Å²) in [6.45, 7) is -0.951. The molecular weight excluding hydrogens is 256 g/mol. The third-order valence-corrected chi connectivity index (χ3v) is 4.28. The molecule has 0 unspecified atom stereocenters. The maximum Gasteiger partial charge on any atom is 0.244 e. The van der Waals surface area contributed by atoms with Crippen LogP contribution in [0, 0.1) is 11.3 Å². The van der Waals surface area contributed by atoms with Crippen LogP contribution in [0.15, 0.2) is 29.2 Å². The molecule has 0 fully saturated rings. The summed E-state index contributed by atoms with van der Waals surface area (Å²) >= 11 is 0. The molecular formula is C11H14N2O4S. The Morgan fingerprint density at radius 3 is 2.22 bits per heavy atom. The van der Waals surface area contributed by atoms with Crippen LogP contribution in [0.1, 0.15) is 5.56 Å². The van der Waals surface area contributed by atoms with E-state index in [1.165, 1.54) is 18.2 Å². The van der Waals surface area contributed by atoms with Gasteiger partial charge in [0.2, 0.25) is 10.0 Å². The molecule has 7 heteroatoms. The molecule has 0 amide bonds. The topological polar surface area (TPSA) is 102 Å². The molecule has 2 N–H and O–H groups in total. The van der Waals surface area contributed by atoms with Gasteiger partial charge in [-0.2, -0.15) is 9.57 Å². The summed E-state index contributed by atoms with van der Waals surface area (Å²) in [7, 11) is -3.88. The molecule has 0 saturated heterocycles. The molecule has 1 rings (SSSR count). The first-order valence-electron chi connectivity index (χ1n) is 5.29. The second kappa shape index (κ2) is 6.47. The number of rotatable bonds is 6. The molecule has 1 aromatic rings. The van der Waals surface area contributed by atoms with E-state index in [-0.39, 0.29) is 36.8 Å². The Morgan fingerprint density at radius 2 is 1.72 bits per heavy atom. The van der Waals surface area contributed by atoms with Crippen molar-refractivity contribution in [2.75, 3.05) is 26.3 Å². The van der Waals surface area contributed by atoms with Gasteiger partial charge in [0.05, 0.1) is 23.7 Å². The SMILES string of the molecule is N#Cc1ccccc1S(=O)(=O)N(CCO)CCO. The van der Waals surface area contributed by atoms with Crippen LogP contribution in [0.4, 0.5) is 0 Å². The number of hydrogen-bond donors (Lipinski definition) is 2. The monoisotopic (exact) mass is 270 g/mol. The average molecular weight is 270 g/mol. The fourth-order valence-corrected chi connectivity index (χ4v) is 3.06. The third-order valence-electron chi connectivity index (χ3n) is 2.32. The molecule has 0 radical (unpaired) electrons. The maximum absolute atomic E-state index is 12.2. The highest BCUT2D eigenvalue weighted by molar-refractivity contribution is 7.89. The zero-order chi connectivity index (χ0) is 13.6. The van der Waals surface area contributed by atoms with E-state index in [0.717, 1.165) is 4.31 Å². The van der Waals surface area contributed by atoms with Crippen molar-refractivity contribution in [3.8, 4) is 6.07 Å². The lowest BCUT2D eigenvalue weighted by Crippen LogP contribution is -2.36. The van der Waals surface area contributed by atoms with Crippen molar-refractivity contribution in [3.63, 3.8) is 0 Å².